The van der Waals surface area contributed by atoms with E-state index in [0.29, 0.717) is 12.8 Å². The minimum atomic E-state index is -3.94. The fraction of sp³-hybridized carbons (Fsp3) is 0.462. The number of sulfonamides is 1. The number of nitrogens with two attached hydrogens (primary N) is 1. The predicted octanol–water partition coefficient (Wildman–Crippen LogP) is 0.358. The molecule has 7 nitrogen and oxygen atoms in total. The smallest absolute Gasteiger partial charge is 0.337 e. The first kappa shape index (κ1) is 15.7. The molecule has 0 unspecified atom stereocenters. The average molecular weight is 314 g/mol. The molecule has 21 heavy (non-hydrogen) atoms. The van der Waals surface area contributed by atoms with Crippen LogP contribution in [0.3, 0.4) is 0 Å². The van der Waals surface area contributed by atoms with Crippen molar-refractivity contribution in [3.05, 3.63) is 23.8 Å². The Kier molecular flexibility index (Phi) is 4.22. The highest BCUT2D eigenvalue weighted by Gasteiger charge is 2.33. The van der Waals surface area contributed by atoms with Gasteiger partial charge >= 0.3 is 5.97 Å². The number of nitrogens with zero attached hydrogens (tertiary/aromatic N) is 1. The second-order valence-electron chi connectivity index (χ2n) is 5.34. The maximum absolute atomic E-state index is 12.5. The van der Waals surface area contributed by atoms with Gasteiger partial charge in [0.05, 0.1) is 16.6 Å². The van der Waals surface area contributed by atoms with Gasteiger partial charge in [-0.05, 0) is 37.0 Å². The van der Waals surface area contributed by atoms with Crippen LogP contribution in [0.5, 0.6) is 0 Å². The number of carboxylic acid groups (broad SMARTS) is 1. The molecular weight excluding hydrogens is 296 g/mol. The van der Waals surface area contributed by atoms with Gasteiger partial charge in [-0.2, -0.15) is 0 Å². The molecule has 1 aliphatic rings. The van der Waals surface area contributed by atoms with E-state index in [2.05, 4.69) is 0 Å². The van der Waals surface area contributed by atoms with Crippen molar-refractivity contribution in [2.24, 2.45) is 5.92 Å². The lowest BCUT2D eigenvalue weighted by atomic mass is 9.82. The molecule has 0 atom stereocenters. The Morgan fingerprint density at radius 2 is 2.05 bits per heavy atom. The van der Waals surface area contributed by atoms with E-state index >= 15 is 0 Å². The van der Waals surface area contributed by atoms with Gasteiger partial charge in [0.15, 0.2) is 0 Å². The van der Waals surface area contributed by atoms with E-state index in [4.69, 9.17) is 10.8 Å². The average Bonchev–Trinajstić information content (AvgIpc) is 2.36. The van der Waals surface area contributed by atoms with Crippen molar-refractivity contribution in [3.63, 3.8) is 0 Å². The second kappa shape index (κ2) is 5.63. The van der Waals surface area contributed by atoms with Crippen molar-refractivity contribution in [2.45, 2.75) is 23.8 Å². The van der Waals surface area contributed by atoms with Crippen molar-refractivity contribution >= 4 is 21.7 Å². The van der Waals surface area contributed by atoms with Crippen LogP contribution in [-0.2, 0) is 10.0 Å². The molecule has 0 saturated heterocycles. The van der Waals surface area contributed by atoms with Crippen molar-refractivity contribution in [3.8, 4) is 0 Å². The van der Waals surface area contributed by atoms with Gasteiger partial charge in [-0.3, -0.25) is 0 Å². The second-order valence-corrected chi connectivity index (χ2v) is 7.35. The Bertz CT molecular complexity index is 653. The lowest BCUT2D eigenvalue weighted by Crippen LogP contribution is -2.39. The van der Waals surface area contributed by atoms with Crippen LogP contribution >= 0.6 is 0 Å². The first-order valence-corrected chi connectivity index (χ1v) is 7.93. The Morgan fingerprint density at radius 1 is 1.43 bits per heavy atom. The standard InChI is InChI=1S/C13H18N2O5S/c1-15(7-8-4-10(16)5-8)21(19,20)12-6-9(14)2-3-11(12)13(17)18/h2-3,6,8,10,16H,4-5,7,14H2,1H3,(H,17,18). The quantitative estimate of drug-likeness (QED) is 0.675. The van der Waals surface area contributed by atoms with Crippen molar-refractivity contribution in [2.75, 3.05) is 19.3 Å². The van der Waals surface area contributed by atoms with Crippen LogP contribution in [0.25, 0.3) is 0 Å². The van der Waals surface area contributed by atoms with Crippen molar-refractivity contribution < 1.29 is 23.4 Å². The molecule has 1 aliphatic carbocycles. The summed E-state index contributed by atoms with van der Waals surface area (Å²) in [5.41, 5.74) is 5.46. The summed E-state index contributed by atoms with van der Waals surface area (Å²) in [6, 6.07) is 3.70. The van der Waals surface area contributed by atoms with E-state index in [0.717, 1.165) is 10.4 Å². The summed E-state index contributed by atoms with van der Waals surface area (Å²) in [4.78, 5) is 10.9. The lowest BCUT2D eigenvalue weighted by molar-refractivity contribution is 0.0367. The SMILES string of the molecule is CN(CC1CC(O)C1)S(=O)(=O)c1cc(N)ccc1C(=O)O. The van der Waals surface area contributed by atoms with Crippen molar-refractivity contribution in [1.82, 2.24) is 4.31 Å². The van der Waals surface area contributed by atoms with E-state index < -0.39 is 16.0 Å². The molecular formula is C13H18N2O5S. The molecule has 0 aromatic heterocycles. The Morgan fingerprint density at radius 3 is 2.57 bits per heavy atom. The minimum absolute atomic E-state index is 0.0918. The van der Waals surface area contributed by atoms with Gasteiger partial charge in [-0.15, -0.1) is 0 Å². The fourth-order valence-electron chi connectivity index (χ4n) is 2.41. The summed E-state index contributed by atoms with van der Waals surface area (Å²) in [5.74, 6) is -1.23. The Balaban J connectivity index is 2.30. The first-order chi connectivity index (χ1) is 9.71. The minimum Gasteiger partial charge on any atom is -0.478 e. The van der Waals surface area contributed by atoms with E-state index in [1.807, 2.05) is 0 Å². The van der Waals surface area contributed by atoms with Crippen LogP contribution < -0.4 is 5.73 Å². The highest BCUT2D eigenvalue weighted by atomic mass is 32.2. The van der Waals surface area contributed by atoms with Gasteiger partial charge in [-0.1, -0.05) is 0 Å². The number of carbonyl (C=O) groups is 1. The van der Waals surface area contributed by atoms with Gasteiger partial charge in [0.25, 0.3) is 0 Å². The highest BCUT2D eigenvalue weighted by molar-refractivity contribution is 7.89. The van der Waals surface area contributed by atoms with Crippen LogP contribution in [0.1, 0.15) is 23.2 Å². The zero-order valence-electron chi connectivity index (χ0n) is 11.6. The number of benzene rings is 1. The van der Waals surface area contributed by atoms with Crippen LogP contribution in [-0.4, -0.2) is 48.6 Å². The van der Waals surface area contributed by atoms with Gasteiger partial charge < -0.3 is 15.9 Å². The van der Waals surface area contributed by atoms with Gasteiger partial charge in [0.1, 0.15) is 0 Å². The van der Waals surface area contributed by atoms with E-state index in [1.165, 1.54) is 19.2 Å². The summed E-state index contributed by atoms with van der Waals surface area (Å²) in [7, 11) is -2.54. The number of anilines is 1. The number of aliphatic hydroxyl groups excluding tert-OH is 1. The first-order valence-electron chi connectivity index (χ1n) is 6.49. The number of hydrogen-bond donors (Lipinski definition) is 3. The molecule has 0 amide bonds. The summed E-state index contributed by atoms with van der Waals surface area (Å²) < 4.78 is 26.1. The predicted molar refractivity (Wildman–Crippen MR) is 76.4 cm³/mol. The Labute approximate surface area is 123 Å². The van der Waals surface area contributed by atoms with E-state index in [1.54, 1.807) is 0 Å². The maximum atomic E-state index is 12.5. The molecule has 0 heterocycles. The highest BCUT2D eigenvalue weighted by Crippen LogP contribution is 2.30. The lowest BCUT2D eigenvalue weighted by Gasteiger charge is -2.34. The third-order valence-electron chi connectivity index (χ3n) is 3.65. The van der Waals surface area contributed by atoms with Gasteiger partial charge in [0.2, 0.25) is 10.0 Å². The molecule has 0 spiro atoms. The normalized spacial score (nSPS) is 22.0. The number of aromatic carboxylic acids is 1. The number of aliphatic hydroxyl groups is 1. The van der Waals surface area contributed by atoms with Crippen LogP contribution in [0.2, 0.25) is 0 Å². The zero-order valence-corrected chi connectivity index (χ0v) is 12.4. The summed E-state index contributed by atoms with van der Waals surface area (Å²) in [5, 5.41) is 18.4. The monoisotopic (exact) mass is 314 g/mol. The van der Waals surface area contributed by atoms with E-state index in [9.17, 15) is 18.3 Å². The molecule has 1 saturated carbocycles. The fourth-order valence-corrected chi connectivity index (χ4v) is 3.87. The Hall–Kier alpha value is -1.64. The topological polar surface area (TPSA) is 121 Å². The van der Waals surface area contributed by atoms with Gasteiger partial charge in [0, 0.05) is 19.3 Å². The molecule has 1 aromatic carbocycles. The van der Waals surface area contributed by atoms with Crippen LogP contribution in [0.15, 0.2) is 23.1 Å². The summed E-state index contributed by atoms with van der Waals surface area (Å²) in [6.45, 7) is 0.243. The van der Waals surface area contributed by atoms with Crippen LogP contribution in [0.4, 0.5) is 5.69 Å². The number of rotatable bonds is 5. The number of hydrogen-bond acceptors (Lipinski definition) is 5. The molecule has 0 radical (unpaired) electrons. The molecule has 4 N–H and O–H groups in total. The maximum Gasteiger partial charge on any atom is 0.337 e. The molecule has 8 heteroatoms. The molecule has 0 bridgehead atoms. The number of carboxylic acids is 1. The third-order valence-corrected chi connectivity index (χ3v) is 5.51. The summed E-state index contributed by atoms with van der Waals surface area (Å²) >= 11 is 0. The van der Waals surface area contributed by atoms with E-state index in [-0.39, 0.29) is 34.7 Å². The zero-order chi connectivity index (χ0) is 15.8. The molecule has 116 valence electrons. The molecule has 2 rings (SSSR count). The molecule has 1 aromatic rings. The third kappa shape index (κ3) is 3.17. The van der Waals surface area contributed by atoms with Gasteiger partial charge in [-0.25, -0.2) is 17.5 Å². The summed E-state index contributed by atoms with van der Waals surface area (Å²) in [6.07, 6.45) is 0.749. The van der Waals surface area contributed by atoms with Crippen LogP contribution in [0, 0.1) is 5.92 Å². The van der Waals surface area contributed by atoms with Crippen molar-refractivity contribution in [1.29, 1.82) is 0 Å². The number of nitrogen functional groups attached to an aromatic ring is 1. The molecule has 1 fully saturated rings. The largest absolute Gasteiger partial charge is 0.478 e. The molecule has 0 aliphatic heterocycles.